The minimum Gasteiger partial charge on any atom is -0.342 e. The van der Waals surface area contributed by atoms with Crippen molar-refractivity contribution < 1.29 is 35.5 Å². The van der Waals surface area contributed by atoms with E-state index in [1.165, 1.54) is 6.92 Å². The summed E-state index contributed by atoms with van der Waals surface area (Å²) >= 11 is 5.64. The van der Waals surface area contributed by atoms with Crippen molar-refractivity contribution in [2.75, 3.05) is 0 Å². The first kappa shape index (κ1) is 26.4. The van der Waals surface area contributed by atoms with E-state index in [1.54, 1.807) is 0 Å². The molecule has 178 valence electrons. The lowest BCUT2D eigenvalue weighted by atomic mass is 10.0. The summed E-state index contributed by atoms with van der Waals surface area (Å²) < 4.78 is 93.2. The summed E-state index contributed by atoms with van der Waals surface area (Å²) in [6.07, 6.45) is -8.10. The first-order chi connectivity index (χ1) is 14.8. The minimum absolute atomic E-state index is 0. The van der Waals surface area contributed by atoms with Gasteiger partial charge < -0.3 is 5.32 Å². The van der Waals surface area contributed by atoms with Crippen molar-refractivity contribution in [2.24, 2.45) is 0 Å². The van der Waals surface area contributed by atoms with Crippen molar-refractivity contribution in [3.63, 3.8) is 0 Å². The normalized spacial score (nSPS) is 12.8. The maximum Gasteiger partial charge on any atom is 0.416 e. The molecule has 0 fully saturated rings. The Labute approximate surface area is 193 Å². The van der Waals surface area contributed by atoms with Crippen LogP contribution in [0.1, 0.15) is 40.3 Å². The van der Waals surface area contributed by atoms with Crippen LogP contribution in [-0.4, -0.2) is 25.7 Å². The van der Waals surface area contributed by atoms with Gasteiger partial charge in [-0.3, -0.25) is 4.79 Å². The number of hydrogen-bond donors (Lipinski definition) is 1. The summed E-state index contributed by atoms with van der Waals surface area (Å²) in [5.41, 5.74) is -4.15. The second-order valence-electron chi connectivity index (χ2n) is 6.48. The lowest BCUT2D eigenvalue weighted by Gasteiger charge is -2.17. The van der Waals surface area contributed by atoms with E-state index < -0.39 is 46.8 Å². The van der Waals surface area contributed by atoms with Crippen LogP contribution in [0, 0.1) is 5.82 Å². The van der Waals surface area contributed by atoms with E-state index in [1.807, 2.05) is 0 Å². The van der Waals surface area contributed by atoms with Crippen LogP contribution in [0.5, 0.6) is 0 Å². The van der Waals surface area contributed by atoms with E-state index in [0.29, 0.717) is 12.1 Å². The Kier molecular flexibility index (Phi) is 7.63. The highest BCUT2D eigenvalue weighted by atomic mass is 35.5. The fourth-order valence-electron chi connectivity index (χ4n) is 2.70. The van der Waals surface area contributed by atoms with Crippen molar-refractivity contribution in [3.05, 3.63) is 70.1 Å². The maximum absolute atomic E-state index is 14.2. The number of carbonyl (C=O) groups is 1. The van der Waals surface area contributed by atoms with Gasteiger partial charge in [-0.1, -0.05) is 11.6 Å². The van der Waals surface area contributed by atoms with Crippen LogP contribution in [0.3, 0.4) is 0 Å². The first-order valence-corrected chi connectivity index (χ1v) is 8.97. The molecule has 1 amide bonds. The summed E-state index contributed by atoms with van der Waals surface area (Å²) in [5.74, 6) is -2.54. The van der Waals surface area contributed by atoms with Crippen LogP contribution in [0.15, 0.2) is 36.8 Å². The van der Waals surface area contributed by atoms with Gasteiger partial charge in [-0.05, 0) is 31.2 Å². The average Bonchev–Trinajstić information content (AvgIpc) is 3.16. The molecule has 0 spiro atoms. The van der Waals surface area contributed by atoms with Gasteiger partial charge in [0.25, 0.3) is 5.91 Å². The van der Waals surface area contributed by atoms with E-state index in [2.05, 4.69) is 20.4 Å². The molecule has 0 radical (unpaired) electrons. The van der Waals surface area contributed by atoms with E-state index in [0.717, 1.165) is 23.3 Å². The summed E-state index contributed by atoms with van der Waals surface area (Å²) in [4.78, 5) is 20.1. The summed E-state index contributed by atoms with van der Waals surface area (Å²) in [6.45, 7) is 1.32. The molecule has 0 aliphatic rings. The van der Waals surface area contributed by atoms with Gasteiger partial charge in [0.05, 0.1) is 22.2 Å². The number of halogens is 8. The van der Waals surface area contributed by atoms with E-state index in [4.69, 9.17) is 11.6 Å². The molecule has 15 heteroatoms. The van der Waals surface area contributed by atoms with Gasteiger partial charge in [0.2, 0.25) is 0 Å². The molecule has 3 rings (SSSR count). The smallest absolute Gasteiger partial charge is 0.342 e. The highest BCUT2D eigenvalue weighted by molar-refractivity contribution is 7.59. The van der Waals surface area contributed by atoms with Gasteiger partial charge in [0.1, 0.15) is 6.33 Å². The van der Waals surface area contributed by atoms with Crippen molar-refractivity contribution in [3.8, 4) is 5.82 Å². The van der Waals surface area contributed by atoms with E-state index in [9.17, 15) is 35.5 Å². The molecule has 0 saturated heterocycles. The molecular formula is C18H13ClF7N5OS. The van der Waals surface area contributed by atoms with Gasteiger partial charge in [0, 0.05) is 11.8 Å². The van der Waals surface area contributed by atoms with Gasteiger partial charge in [-0.2, -0.15) is 49.6 Å². The number of benzene rings is 1. The fraction of sp³-hybridized carbons (Fsp3) is 0.222. The quantitative estimate of drug-likeness (QED) is 0.491. The zero-order chi connectivity index (χ0) is 23.8. The molecular weight excluding hydrogens is 503 g/mol. The lowest BCUT2D eigenvalue weighted by Crippen LogP contribution is -2.29. The molecule has 3 aromatic rings. The van der Waals surface area contributed by atoms with Gasteiger partial charge >= 0.3 is 12.4 Å². The molecule has 0 saturated carbocycles. The Morgan fingerprint density at radius 3 is 2.12 bits per heavy atom. The third-order valence-electron chi connectivity index (χ3n) is 4.15. The number of aromatic nitrogens is 4. The van der Waals surface area contributed by atoms with Gasteiger partial charge in [-0.15, -0.1) is 0 Å². The highest BCUT2D eigenvalue weighted by Crippen LogP contribution is 2.36. The predicted octanol–water partition coefficient (Wildman–Crippen LogP) is 5.10. The fourth-order valence-corrected chi connectivity index (χ4v) is 2.85. The van der Waals surface area contributed by atoms with Crippen LogP contribution in [-0.2, 0) is 12.4 Å². The monoisotopic (exact) mass is 515 g/mol. The number of nitrogens with zero attached hydrogens (tertiary/aromatic N) is 4. The molecule has 0 bridgehead atoms. The first-order valence-electron chi connectivity index (χ1n) is 8.59. The summed E-state index contributed by atoms with van der Waals surface area (Å²) in [5, 5.41) is 6.01. The Hall–Kier alpha value is -2.87. The zero-order valence-corrected chi connectivity index (χ0v) is 18.0. The zero-order valence-electron chi connectivity index (χ0n) is 16.3. The number of alkyl halides is 6. The molecule has 2 aromatic heterocycles. The largest absolute Gasteiger partial charge is 0.416 e. The Morgan fingerprint density at radius 2 is 1.61 bits per heavy atom. The van der Waals surface area contributed by atoms with Gasteiger partial charge in [-0.25, -0.2) is 14.4 Å². The Morgan fingerprint density at radius 1 is 1.03 bits per heavy atom. The summed E-state index contributed by atoms with van der Waals surface area (Å²) in [6, 6.07) is 0.335. The molecule has 1 N–H and O–H groups in total. The Balaban J connectivity index is 0.00000385. The second kappa shape index (κ2) is 9.55. The van der Waals surface area contributed by atoms with E-state index in [-0.39, 0.29) is 36.2 Å². The number of nitrogens with one attached hydrogen (secondary N) is 1. The topological polar surface area (TPSA) is 72.7 Å². The molecule has 0 aliphatic carbocycles. The summed E-state index contributed by atoms with van der Waals surface area (Å²) in [7, 11) is 0. The molecule has 1 aromatic carbocycles. The molecule has 6 nitrogen and oxygen atoms in total. The minimum atomic E-state index is -5.11. The molecule has 2 heterocycles. The van der Waals surface area contributed by atoms with Crippen LogP contribution in [0.2, 0.25) is 5.02 Å². The van der Waals surface area contributed by atoms with Gasteiger partial charge in [0.15, 0.2) is 17.5 Å². The SMILES string of the molecule is C[C@H](NC(=O)c1cc(C(F)(F)F)cc(C(F)(F)F)c1)c1ncnn1-c1ncc(Cl)cc1F.S. The molecule has 33 heavy (non-hydrogen) atoms. The third kappa shape index (κ3) is 5.93. The number of rotatable bonds is 4. The predicted molar refractivity (Wildman–Crippen MR) is 107 cm³/mol. The number of carbonyl (C=O) groups excluding carboxylic acids is 1. The van der Waals surface area contributed by atoms with Crippen molar-refractivity contribution in [1.82, 2.24) is 25.1 Å². The van der Waals surface area contributed by atoms with Crippen LogP contribution in [0.25, 0.3) is 5.82 Å². The number of hydrogen-bond acceptors (Lipinski definition) is 4. The van der Waals surface area contributed by atoms with E-state index >= 15 is 0 Å². The van der Waals surface area contributed by atoms with Crippen LogP contribution < -0.4 is 5.32 Å². The average molecular weight is 516 g/mol. The number of amides is 1. The highest BCUT2D eigenvalue weighted by Gasteiger charge is 2.37. The van der Waals surface area contributed by atoms with Crippen molar-refractivity contribution in [2.45, 2.75) is 25.3 Å². The van der Waals surface area contributed by atoms with Crippen LogP contribution >= 0.6 is 25.1 Å². The third-order valence-corrected chi connectivity index (χ3v) is 4.35. The molecule has 0 unspecified atom stereocenters. The lowest BCUT2D eigenvalue weighted by molar-refractivity contribution is -0.143. The molecule has 1 atom stereocenters. The Bertz CT molecular complexity index is 1130. The van der Waals surface area contributed by atoms with Crippen molar-refractivity contribution >= 4 is 31.0 Å². The maximum atomic E-state index is 14.2. The van der Waals surface area contributed by atoms with Crippen LogP contribution in [0.4, 0.5) is 30.7 Å². The number of pyridine rings is 1. The van der Waals surface area contributed by atoms with Crippen molar-refractivity contribution in [1.29, 1.82) is 0 Å². The molecule has 0 aliphatic heterocycles. The standard InChI is InChI=1S/C18H11ClF7N5O.H2S/c1-8(14-28-7-29-31(14)15-13(20)5-12(19)6-27-15)30-16(32)9-2-10(17(21,22)23)4-11(3-9)18(24,25)26;/h2-8H,1H3,(H,30,32);1H2/t8-;/m0./s1. The second-order valence-corrected chi connectivity index (χ2v) is 6.92.